The molecule has 1 aromatic rings. The average molecular weight is 281 g/mol. The SMILES string of the molecule is COCC(NC(=O)N(C)CCc1ccncc1)C(=O)O. The van der Waals surface area contributed by atoms with Crippen LogP contribution in [0.25, 0.3) is 0 Å². The molecule has 2 amide bonds. The van der Waals surface area contributed by atoms with Crippen LogP contribution in [-0.2, 0) is 16.0 Å². The van der Waals surface area contributed by atoms with Gasteiger partial charge < -0.3 is 20.1 Å². The molecule has 0 aliphatic carbocycles. The van der Waals surface area contributed by atoms with Gasteiger partial charge in [-0.05, 0) is 24.1 Å². The van der Waals surface area contributed by atoms with E-state index in [2.05, 4.69) is 10.3 Å². The summed E-state index contributed by atoms with van der Waals surface area (Å²) >= 11 is 0. The minimum Gasteiger partial charge on any atom is -0.480 e. The number of carbonyl (C=O) groups excluding carboxylic acids is 1. The van der Waals surface area contributed by atoms with Crippen LogP contribution < -0.4 is 5.32 Å². The number of hydrogen-bond donors (Lipinski definition) is 2. The van der Waals surface area contributed by atoms with Gasteiger partial charge >= 0.3 is 12.0 Å². The number of nitrogens with zero attached hydrogens (tertiary/aromatic N) is 2. The first kappa shape index (κ1) is 15.9. The quantitative estimate of drug-likeness (QED) is 0.753. The van der Waals surface area contributed by atoms with Gasteiger partial charge in [0.1, 0.15) is 0 Å². The summed E-state index contributed by atoms with van der Waals surface area (Å²) in [6.07, 6.45) is 4.05. The Morgan fingerprint density at radius 2 is 2.10 bits per heavy atom. The van der Waals surface area contributed by atoms with E-state index in [0.29, 0.717) is 13.0 Å². The molecule has 0 saturated heterocycles. The Morgan fingerprint density at radius 1 is 1.45 bits per heavy atom. The van der Waals surface area contributed by atoms with E-state index in [1.54, 1.807) is 19.4 Å². The minimum absolute atomic E-state index is 0.0702. The number of likely N-dealkylation sites (N-methyl/N-ethyl adjacent to an activating group) is 1. The number of nitrogens with one attached hydrogen (secondary N) is 1. The molecule has 7 nitrogen and oxygen atoms in total. The summed E-state index contributed by atoms with van der Waals surface area (Å²) in [6.45, 7) is 0.411. The highest BCUT2D eigenvalue weighted by atomic mass is 16.5. The van der Waals surface area contributed by atoms with Crippen LogP contribution in [0, 0.1) is 0 Å². The van der Waals surface area contributed by atoms with Crippen molar-refractivity contribution in [2.24, 2.45) is 0 Å². The van der Waals surface area contributed by atoms with Crippen molar-refractivity contribution >= 4 is 12.0 Å². The number of aliphatic carboxylic acids is 1. The number of methoxy groups -OCH3 is 1. The van der Waals surface area contributed by atoms with E-state index in [9.17, 15) is 9.59 Å². The minimum atomic E-state index is -1.12. The lowest BCUT2D eigenvalue weighted by molar-refractivity contribution is -0.140. The standard InChI is InChI=1S/C13H19N3O4/c1-16(8-5-10-3-6-14-7-4-10)13(19)15-11(9-20-2)12(17)18/h3-4,6-7,11H,5,8-9H2,1-2H3,(H,15,19)(H,17,18). The van der Waals surface area contributed by atoms with Crippen molar-refractivity contribution in [1.82, 2.24) is 15.2 Å². The molecule has 0 aliphatic rings. The number of urea groups is 1. The van der Waals surface area contributed by atoms with Crippen LogP contribution in [-0.4, -0.2) is 60.3 Å². The predicted octanol–water partition coefficient (Wildman–Crippen LogP) is 0.365. The number of pyridine rings is 1. The number of rotatable bonds is 7. The summed E-state index contributed by atoms with van der Waals surface area (Å²) in [4.78, 5) is 28.1. The van der Waals surface area contributed by atoms with E-state index < -0.39 is 18.0 Å². The lowest BCUT2D eigenvalue weighted by Gasteiger charge is -2.21. The molecule has 1 heterocycles. The largest absolute Gasteiger partial charge is 0.480 e. The molecule has 1 rings (SSSR count). The fourth-order valence-corrected chi connectivity index (χ4v) is 1.55. The van der Waals surface area contributed by atoms with Gasteiger partial charge in [-0.3, -0.25) is 4.98 Å². The van der Waals surface area contributed by atoms with Crippen molar-refractivity contribution in [3.05, 3.63) is 30.1 Å². The summed E-state index contributed by atoms with van der Waals surface area (Å²) in [5.74, 6) is -1.12. The number of ether oxygens (including phenoxy) is 1. The predicted molar refractivity (Wildman–Crippen MR) is 72.4 cm³/mol. The second-order valence-electron chi connectivity index (χ2n) is 4.32. The molecule has 1 atom stereocenters. The number of hydrogen-bond acceptors (Lipinski definition) is 4. The van der Waals surface area contributed by atoms with Gasteiger partial charge in [-0.15, -0.1) is 0 Å². The monoisotopic (exact) mass is 281 g/mol. The van der Waals surface area contributed by atoms with Crippen molar-refractivity contribution in [3.63, 3.8) is 0 Å². The maximum Gasteiger partial charge on any atom is 0.328 e. The maximum absolute atomic E-state index is 11.8. The smallest absolute Gasteiger partial charge is 0.328 e. The van der Waals surface area contributed by atoms with Gasteiger partial charge in [-0.1, -0.05) is 0 Å². The van der Waals surface area contributed by atoms with Crippen molar-refractivity contribution in [2.75, 3.05) is 27.3 Å². The van der Waals surface area contributed by atoms with Gasteiger partial charge in [0.15, 0.2) is 6.04 Å². The second kappa shape index (κ2) is 8.11. The fraction of sp³-hybridized carbons (Fsp3) is 0.462. The molecule has 0 bridgehead atoms. The van der Waals surface area contributed by atoms with Gasteiger partial charge in [0.25, 0.3) is 0 Å². The van der Waals surface area contributed by atoms with Crippen molar-refractivity contribution in [1.29, 1.82) is 0 Å². The molecule has 0 radical (unpaired) electrons. The lowest BCUT2D eigenvalue weighted by atomic mass is 10.2. The number of amides is 2. The summed E-state index contributed by atoms with van der Waals surface area (Å²) in [6, 6.07) is 2.26. The normalized spacial score (nSPS) is 11.7. The zero-order valence-electron chi connectivity index (χ0n) is 11.6. The zero-order valence-corrected chi connectivity index (χ0v) is 11.6. The third-order valence-corrected chi connectivity index (χ3v) is 2.76. The Balaban J connectivity index is 2.44. The third kappa shape index (κ3) is 5.23. The molecule has 2 N–H and O–H groups in total. The molecule has 0 fully saturated rings. The Bertz CT molecular complexity index is 439. The molecule has 0 saturated carbocycles. The average Bonchev–Trinajstić information content (AvgIpc) is 2.45. The Morgan fingerprint density at radius 3 is 2.65 bits per heavy atom. The van der Waals surface area contributed by atoms with Crippen LogP contribution in [0.4, 0.5) is 4.79 Å². The van der Waals surface area contributed by atoms with E-state index in [0.717, 1.165) is 5.56 Å². The van der Waals surface area contributed by atoms with Crippen LogP contribution in [0.2, 0.25) is 0 Å². The van der Waals surface area contributed by atoms with Crippen molar-refractivity contribution in [2.45, 2.75) is 12.5 Å². The highest BCUT2D eigenvalue weighted by molar-refractivity contribution is 5.82. The van der Waals surface area contributed by atoms with E-state index in [1.807, 2.05) is 12.1 Å². The van der Waals surface area contributed by atoms with Gasteiger partial charge in [-0.25, -0.2) is 9.59 Å². The first-order valence-corrected chi connectivity index (χ1v) is 6.17. The van der Waals surface area contributed by atoms with Crippen LogP contribution in [0.1, 0.15) is 5.56 Å². The van der Waals surface area contributed by atoms with Gasteiger partial charge in [-0.2, -0.15) is 0 Å². The Hall–Kier alpha value is -2.15. The topological polar surface area (TPSA) is 91.8 Å². The maximum atomic E-state index is 11.8. The number of carboxylic acid groups (broad SMARTS) is 1. The first-order chi connectivity index (χ1) is 9.54. The fourth-order valence-electron chi connectivity index (χ4n) is 1.55. The molecule has 110 valence electrons. The van der Waals surface area contributed by atoms with E-state index >= 15 is 0 Å². The second-order valence-corrected chi connectivity index (χ2v) is 4.32. The molecule has 7 heteroatoms. The number of carboxylic acids is 1. The zero-order chi connectivity index (χ0) is 15.0. The summed E-state index contributed by atoms with van der Waals surface area (Å²) in [5.41, 5.74) is 1.06. The first-order valence-electron chi connectivity index (χ1n) is 6.17. The van der Waals surface area contributed by atoms with E-state index in [1.165, 1.54) is 12.0 Å². The number of aromatic nitrogens is 1. The highest BCUT2D eigenvalue weighted by Gasteiger charge is 2.21. The third-order valence-electron chi connectivity index (χ3n) is 2.76. The highest BCUT2D eigenvalue weighted by Crippen LogP contribution is 1.99. The summed E-state index contributed by atoms with van der Waals surface area (Å²) < 4.78 is 4.75. The molecule has 0 aliphatic heterocycles. The van der Waals surface area contributed by atoms with Gasteiger partial charge in [0.2, 0.25) is 0 Å². The molecule has 20 heavy (non-hydrogen) atoms. The lowest BCUT2D eigenvalue weighted by Crippen LogP contribution is -2.49. The van der Waals surface area contributed by atoms with Gasteiger partial charge in [0.05, 0.1) is 6.61 Å². The van der Waals surface area contributed by atoms with Gasteiger partial charge in [0, 0.05) is 33.1 Å². The van der Waals surface area contributed by atoms with E-state index in [4.69, 9.17) is 9.84 Å². The molecule has 0 spiro atoms. The van der Waals surface area contributed by atoms with Crippen LogP contribution in [0.5, 0.6) is 0 Å². The Kier molecular flexibility index (Phi) is 6.45. The molecule has 0 aromatic carbocycles. The van der Waals surface area contributed by atoms with E-state index in [-0.39, 0.29) is 6.61 Å². The summed E-state index contributed by atoms with van der Waals surface area (Å²) in [5, 5.41) is 11.3. The molecular formula is C13H19N3O4. The molecular weight excluding hydrogens is 262 g/mol. The van der Waals surface area contributed by atoms with Crippen LogP contribution >= 0.6 is 0 Å². The van der Waals surface area contributed by atoms with Crippen LogP contribution in [0.3, 0.4) is 0 Å². The van der Waals surface area contributed by atoms with Crippen LogP contribution in [0.15, 0.2) is 24.5 Å². The summed E-state index contributed by atoms with van der Waals surface area (Å²) in [7, 11) is 3.00. The molecule has 1 unspecified atom stereocenters. The Labute approximate surface area is 117 Å². The van der Waals surface area contributed by atoms with Crippen molar-refractivity contribution < 1.29 is 19.4 Å². The molecule has 1 aromatic heterocycles. The number of carbonyl (C=O) groups is 2. The van der Waals surface area contributed by atoms with Crippen molar-refractivity contribution in [3.8, 4) is 0 Å².